The quantitative estimate of drug-likeness (QED) is 0.666. The highest BCUT2D eigenvalue weighted by molar-refractivity contribution is 5.93. The lowest BCUT2D eigenvalue weighted by atomic mass is 9.97. The van der Waals surface area contributed by atoms with E-state index in [-0.39, 0.29) is 11.9 Å². The first-order chi connectivity index (χ1) is 13.6. The first-order valence-electron chi connectivity index (χ1n) is 9.45. The Labute approximate surface area is 166 Å². The van der Waals surface area contributed by atoms with Crippen molar-refractivity contribution < 1.29 is 14.4 Å². The first-order valence-corrected chi connectivity index (χ1v) is 9.45. The number of hydrogen-bond acceptors (Lipinski definition) is 2. The van der Waals surface area contributed by atoms with E-state index >= 15 is 0 Å². The van der Waals surface area contributed by atoms with Gasteiger partial charge in [0, 0.05) is 11.1 Å². The Hall–Kier alpha value is -3.11. The molecule has 0 fully saturated rings. The van der Waals surface area contributed by atoms with Gasteiger partial charge >= 0.3 is 0 Å². The third-order valence-corrected chi connectivity index (χ3v) is 4.83. The molecule has 3 aromatic carbocycles. The maximum atomic E-state index is 12.8. The minimum Gasteiger partial charge on any atom is -0.495 e. The molecule has 0 saturated heterocycles. The lowest BCUT2D eigenvalue weighted by Gasteiger charge is -2.25. The summed E-state index contributed by atoms with van der Waals surface area (Å²) >= 11 is 0. The van der Waals surface area contributed by atoms with Crippen LogP contribution in [0.5, 0.6) is 5.75 Å². The van der Waals surface area contributed by atoms with E-state index in [0.717, 1.165) is 10.5 Å². The van der Waals surface area contributed by atoms with Gasteiger partial charge in [-0.3, -0.25) is 4.79 Å². The summed E-state index contributed by atoms with van der Waals surface area (Å²) in [6.07, 6.45) is 0. The Bertz CT molecular complexity index is 871. The maximum absolute atomic E-state index is 12.8. The van der Waals surface area contributed by atoms with Gasteiger partial charge < -0.3 is 15.0 Å². The first kappa shape index (κ1) is 19.6. The van der Waals surface area contributed by atoms with Crippen molar-refractivity contribution in [1.29, 1.82) is 0 Å². The van der Waals surface area contributed by atoms with Crippen molar-refractivity contribution in [1.82, 2.24) is 0 Å². The van der Waals surface area contributed by atoms with Gasteiger partial charge in [-0.25, -0.2) is 0 Å². The van der Waals surface area contributed by atoms with Crippen molar-refractivity contribution in [2.45, 2.75) is 13.0 Å². The standard InChI is InChI=1S/C24H26N2O2/c1-18-14-15-22(28-3)21(16-18)25-23(27)17-26(2)24(19-10-6-4-7-11-19)20-12-8-5-9-13-20/h4-16,24H,17H2,1-3H3,(H,25,27)/p+1. The maximum Gasteiger partial charge on any atom is 0.279 e. The second-order valence-corrected chi connectivity index (χ2v) is 7.03. The van der Waals surface area contributed by atoms with Crippen LogP contribution in [-0.2, 0) is 4.79 Å². The largest absolute Gasteiger partial charge is 0.495 e. The summed E-state index contributed by atoms with van der Waals surface area (Å²) in [5.41, 5.74) is 4.15. The lowest BCUT2D eigenvalue weighted by Crippen LogP contribution is -3.10. The number of rotatable bonds is 7. The molecule has 0 aliphatic rings. The van der Waals surface area contributed by atoms with Crippen LogP contribution in [0.2, 0.25) is 0 Å². The Morgan fingerprint density at radius 2 is 1.54 bits per heavy atom. The number of carbonyl (C=O) groups is 1. The van der Waals surface area contributed by atoms with Gasteiger partial charge in [0.25, 0.3) is 5.91 Å². The third kappa shape index (κ3) is 4.78. The van der Waals surface area contributed by atoms with Gasteiger partial charge in [0.15, 0.2) is 6.54 Å². The lowest BCUT2D eigenvalue weighted by molar-refractivity contribution is -0.897. The van der Waals surface area contributed by atoms with E-state index in [9.17, 15) is 4.79 Å². The molecule has 0 aliphatic carbocycles. The minimum absolute atomic E-state index is 0.0433. The van der Waals surface area contributed by atoms with Crippen LogP contribution in [0.3, 0.4) is 0 Å². The fourth-order valence-electron chi connectivity index (χ4n) is 3.52. The van der Waals surface area contributed by atoms with Crippen molar-refractivity contribution in [3.05, 3.63) is 95.6 Å². The van der Waals surface area contributed by atoms with Crippen LogP contribution in [-0.4, -0.2) is 26.6 Å². The summed E-state index contributed by atoms with van der Waals surface area (Å²) in [5, 5.41) is 3.01. The van der Waals surface area contributed by atoms with Gasteiger partial charge in [0.2, 0.25) is 0 Å². The van der Waals surface area contributed by atoms with E-state index in [1.807, 2.05) is 61.5 Å². The summed E-state index contributed by atoms with van der Waals surface area (Å²) < 4.78 is 5.37. The number of benzene rings is 3. The molecule has 2 N–H and O–H groups in total. The van der Waals surface area contributed by atoms with Gasteiger partial charge in [-0.05, 0) is 24.6 Å². The average Bonchev–Trinajstić information content (AvgIpc) is 2.70. The molecule has 1 atom stereocenters. The number of hydrogen-bond donors (Lipinski definition) is 2. The molecular weight excluding hydrogens is 348 g/mol. The molecule has 1 unspecified atom stereocenters. The number of nitrogens with one attached hydrogen (secondary N) is 2. The number of methoxy groups -OCH3 is 1. The van der Waals surface area contributed by atoms with Gasteiger partial charge in [-0.15, -0.1) is 0 Å². The molecule has 0 spiro atoms. The SMILES string of the molecule is COc1ccc(C)cc1NC(=O)C[NH+](C)C(c1ccccc1)c1ccccc1. The zero-order valence-electron chi connectivity index (χ0n) is 16.6. The second kappa shape index (κ2) is 9.20. The smallest absolute Gasteiger partial charge is 0.279 e. The predicted molar refractivity (Wildman–Crippen MR) is 113 cm³/mol. The molecule has 1 amide bonds. The number of amides is 1. The van der Waals surface area contributed by atoms with Crippen LogP contribution in [0.25, 0.3) is 0 Å². The predicted octanol–water partition coefficient (Wildman–Crippen LogP) is 3.25. The fraction of sp³-hybridized carbons (Fsp3) is 0.208. The number of anilines is 1. The normalized spacial score (nSPS) is 11.9. The molecule has 3 rings (SSSR count). The summed E-state index contributed by atoms with van der Waals surface area (Å²) in [7, 11) is 3.66. The number of quaternary nitrogens is 1. The van der Waals surface area contributed by atoms with Gasteiger partial charge in [-0.1, -0.05) is 66.7 Å². The highest BCUT2D eigenvalue weighted by atomic mass is 16.5. The van der Waals surface area contributed by atoms with Crippen LogP contribution >= 0.6 is 0 Å². The Balaban J connectivity index is 1.80. The van der Waals surface area contributed by atoms with Crippen LogP contribution in [0.1, 0.15) is 22.7 Å². The highest BCUT2D eigenvalue weighted by Crippen LogP contribution is 2.25. The van der Waals surface area contributed by atoms with Crippen LogP contribution in [0, 0.1) is 6.92 Å². The average molecular weight is 375 g/mol. The van der Waals surface area contributed by atoms with Crippen molar-refractivity contribution in [3.8, 4) is 5.75 Å². The second-order valence-electron chi connectivity index (χ2n) is 7.03. The number of aryl methyl sites for hydroxylation is 1. The monoisotopic (exact) mass is 375 g/mol. The Kier molecular flexibility index (Phi) is 6.45. The van der Waals surface area contributed by atoms with Crippen LogP contribution in [0.4, 0.5) is 5.69 Å². The van der Waals surface area contributed by atoms with Gasteiger partial charge in [-0.2, -0.15) is 0 Å². The summed E-state index contributed by atoms with van der Waals surface area (Å²) in [6, 6.07) is 26.5. The van der Waals surface area contributed by atoms with E-state index in [1.54, 1.807) is 7.11 Å². The summed E-state index contributed by atoms with van der Waals surface area (Å²) in [5.74, 6) is 0.623. The molecule has 0 heterocycles. The molecule has 144 valence electrons. The molecule has 4 nitrogen and oxygen atoms in total. The van der Waals surface area contributed by atoms with Crippen molar-refractivity contribution in [2.75, 3.05) is 26.0 Å². The van der Waals surface area contributed by atoms with Crippen molar-refractivity contribution in [2.24, 2.45) is 0 Å². The van der Waals surface area contributed by atoms with E-state index in [4.69, 9.17) is 4.74 Å². The highest BCUT2D eigenvalue weighted by Gasteiger charge is 2.25. The van der Waals surface area contributed by atoms with Crippen LogP contribution in [0.15, 0.2) is 78.9 Å². The summed E-state index contributed by atoms with van der Waals surface area (Å²) in [6.45, 7) is 2.33. The minimum atomic E-state index is -0.0433. The zero-order valence-corrected chi connectivity index (χ0v) is 16.6. The molecule has 28 heavy (non-hydrogen) atoms. The fourth-order valence-corrected chi connectivity index (χ4v) is 3.52. The summed E-state index contributed by atoms with van der Waals surface area (Å²) in [4.78, 5) is 13.9. The van der Waals surface area contributed by atoms with Crippen molar-refractivity contribution >= 4 is 11.6 Å². The van der Waals surface area contributed by atoms with Gasteiger partial charge in [0.05, 0.1) is 19.8 Å². The Morgan fingerprint density at radius 1 is 0.964 bits per heavy atom. The topological polar surface area (TPSA) is 42.8 Å². The Morgan fingerprint density at radius 3 is 2.07 bits per heavy atom. The van der Waals surface area contributed by atoms with Gasteiger partial charge in [0.1, 0.15) is 11.8 Å². The third-order valence-electron chi connectivity index (χ3n) is 4.83. The number of likely N-dealkylation sites (N-methyl/N-ethyl adjacent to an activating group) is 1. The molecule has 0 radical (unpaired) electrons. The molecular formula is C24H27N2O2+. The number of carbonyl (C=O) groups excluding carboxylic acids is 1. The zero-order chi connectivity index (χ0) is 19.9. The molecule has 0 bridgehead atoms. The van der Waals surface area contributed by atoms with E-state index in [2.05, 4.69) is 36.6 Å². The number of ether oxygens (including phenoxy) is 1. The molecule has 0 saturated carbocycles. The molecule has 4 heteroatoms. The molecule has 0 aromatic heterocycles. The molecule has 3 aromatic rings. The molecule has 0 aliphatic heterocycles. The van der Waals surface area contributed by atoms with E-state index in [0.29, 0.717) is 18.0 Å². The van der Waals surface area contributed by atoms with Crippen molar-refractivity contribution in [3.63, 3.8) is 0 Å². The van der Waals surface area contributed by atoms with E-state index in [1.165, 1.54) is 11.1 Å². The van der Waals surface area contributed by atoms with Crippen LogP contribution < -0.4 is 15.0 Å². The van der Waals surface area contributed by atoms with E-state index < -0.39 is 0 Å².